The van der Waals surface area contributed by atoms with E-state index in [0.29, 0.717) is 38.3 Å². The number of halogens is 1. The van der Waals surface area contributed by atoms with Crippen molar-refractivity contribution in [1.82, 2.24) is 19.6 Å². The molecule has 1 saturated heterocycles. The first-order valence-electron chi connectivity index (χ1n) is 12.9. The number of aryl methyl sites for hydroxylation is 2. The van der Waals surface area contributed by atoms with Crippen LogP contribution >= 0.6 is 23.1 Å². The summed E-state index contributed by atoms with van der Waals surface area (Å²) in [7, 11) is 1.52. The summed E-state index contributed by atoms with van der Waals surface area (Å²) in [6.45, 7) is 3.69. The van der Waals surface area contributed by atoms with E-state index in [-0.39, 0.29) is 28.0 Å². The number of anilines is 1. The molecule has 9 nitrogen and oxygen atoms in total. The zero-order chi connectivity index (χ0) is 29.5. The van der Waals surface area contributed by atoms with Crippen LogP contribution in [-0.2, 0) is 15.3 Å². The molecule has 4 heterocycles. The molecule has 6 rings (SSSR count). The van der Waals surface area contributed by atoms with Crippen LogP contribution in [0.1, 0.15) is 34.1 Å². The predicted octanol–water partition coefficient (Wildman–Crippen LogP) is 5.87. The third kappa shape index (κ3) is 4.72. The van der Waals surface area contributed by atoms with Crippen LogP contribution in [-0.4, -0.2) is 43.5 Å². The number of imidazole rings is 1. The monoisotopic (exact) mass is 601 g/mol. The minimum absolute atomic E-state index is 0.117. The first-order chi connectivity index (χ1) is 20.3. The van der Waals surface area contributed by atoms with Gasteiger partial charge in [-0.15, -0.1) is 10.2 Å². The molecular formula is C30H24FN5O4S2. The maximum absolute atomic E-state index is 14.1. The minimum atomic E-state index is -1.03. The van der Waals surface area contributed by atoms with Gasteiger partial charge < -0.3 is 14.2 Å². The first-order valence-corrected chi connectivity index (χ1v) is 14.7. The van der Waals surface area contributed by atoms with Crippen LogP contribution in [0, 0.1) is 19.7 Å². The van der Waals surface area contributed by atoms with E-state index in [9.17, 15) is 19.1 Å². The van der Waals surface area contributed by atoms with Gasteiger partial charge >= 0.3 is 5.91 Å². The number of aromatic nitrogens is 4. The molecule has 0 bridgehead atoms. The summed E-state index contributed by atoms with van der Waals surface area (Å²) >= 11 is 2.37. The van der Waals surface area contributed by atoms with Gasteiger partial charge in [-0.1, -0.05) is 59.5 Å². The Morgan fingerprint density at radius 2 is 1.90 bits per heavy atom. The number of carbonyl (C=O) groups excluding carboxylic acids is 2. The fourth-order valence-electron chi connectivity index (χ4n) is 4.94. The topological polar surface area (TPSA) is 110 Å². The van der Waals surface area contributed by atoms with Gasteiger partial charge in [0.1, 0.15) is 22.9 Å². The largest absolute Gasteiger partial charge is 0.505 e. The van der Waals surface area contributed by atoms with Gasteiger partial charge in [0.2, 0.25) is 5.13 Å². The maximum atomic E-state index is 14.1. The molecular weight excluding hydrogens is 577 g/mol. The number of methoxy groups -OCH3 is 1. The number of nitrogens with zero attached hydrogens (tertiary/aromatic N) is 5. The van der Waals surface area contributed by atoms with E-state index >= 15 is 0 Å². The highest BCUT2D eigenvalue weighted by atomic mass is 32.2. The van der Waals surface area contributed by atoms with E-state index < -0.39 is 17.7 Å². The molecule has 212 valence electrons. The molecule has 1 atom stereocenters. The molecule has 1 aliphatic rings. The van der Waals surface area contributed by atoms with E-state index in [4.69, 9.17) is 4.74 Å². The Hall–Kier alpha value is -4.55. The Balaban J connectivity index is 1.45. The normalized spacial score (nSPS) is 16.5. The van der Waals surface area contributed by atoms with Crippen LogP contribution in [0.15, 0.2) is 76.8 Å². The number of hydrogen-bond acceptors (Lipinski definition) is 9. The number of benzene rings is 2. The Labute approximate surface area is 248 Å². The molecule has 1 N–H and O–H groups in total. The second-order valence-electron chi connectivity index (χ2n) is 9.61. The van der Waals surface area contributed by atoms with Crippen molar-refractivity contribution >= 4 is 51.3 Å². The van der Waals surface area contributed by atoms with Crippen molar-refractivity contribution in [2.24, 2.45) is 0 Å². The number of ketones is 1. The number of aliphatic hydroxyl groups excluding tert-OH is 1. The maximum Gasteiger partial charge on any atom is 0.301 e. The SMILES string of the molecule is COc1cccc(C2C(=C(O)c3nc4c(C)cccn4c3C)C(=O)C(=O)N2c2nnc(SCc3ccccc3F)s2)c1. The average Bonchev–Trinajstić information content (AvgIpc) is 3.67. The van der Waals surface area contributed by atoms with Crippen LogP contribution in [0.4, 0.5) is 9.52 Å². The third-order valence-electron chi connectivity index (χ3n) is 7.07. The van der Waals surface area contributed by atoms with Crippen LogP contribution in [0.3, 0.4) is 0 Å². The van der Waals surface area contributed by atoms with Gasteiger partial charge in [-0.25, -0.2) is 9.37 Å². The van der Waals surface area contributed by atoms with Gasteiger partial charge in [0, 0.05) is 11.9 Å². The Morgan fingerprint density at radius 3 is 2.67 bits per heavy atom. The lowest BCUT2D eigenvalue weighted by atomic mass is 9.96. The second kappa shape index (κ2) is 11.0. The molecule has 0 aliphatic carbocycles. The molecule has 3 aromatic heterocycles. The summed E-state index contributed by atoms with van der Waals surface area (Å²) in [5.74, 6) is -1.62. The van der Waals surface area contributed by atoms with Gasteiger partial charge in [0.25, 0.3) is 5.78 Å². The van der Waals surface area contributed by atoms with Crippen LogP contribution < -0.4 is 9.64 Å². The van der Waals surface area contributed by atoms with Crippen molar-refractivity contribution in [2.75, 3.05) is 12.0 Å². The predicted molar refractivity (Wildman–Crippen MR) is 158 cm³/mol. The highest BCUT2D eigenvalue weighted by Gasteiger charge is 2.49. The van der Waals surface area contributed by atoms with Gasteiger partial charge in [0.15, 0.2) is 10.1 Å². The summed E-state index contributed by atoms with van der Waals surface area (Å²) in [5.41, 5.74) is 3.26. The lowest BCUT2D eigenvalue weighted by Gasteiger charge is -2.22. The quantitative estimate of drug-likeness (QED) is 0.0811. The molecule has 2 aromatic carbocycles. The minimum Gasteiger partial charge on any atom is -0.505 e. The standard InChI is InChI=1S/C30H24FN5O4S2/c1-16-8-7-13-35-17(2)23(32-27(16)35)25(37)22-24(18-10-6-11-20(14-18)40-3)36(28(39)26(22)38)29-33-34-30(42-29)41-15-19-9-4-5-12-21(19)31/h4-14,24,37H,15H2,1-3H3. The Morgan fingerprint density at radius 1 is 1.10 bits per heavy atom. The number of thioether (sulfide) groups is 1. The summed E-state index contributed by atoms with van der Waals surface area (Å²) in [5, 5.41) is 20.2. The molecule has 5 aromatic rings. The molecule has 0 spiro atoms. The van der Waals surface area contributed by atoms with Crippen molar-refractivity contribution < 1.29 is 23.8 Å². The van der Waals surface area contributed by atoms with E-state index in [1.165, 1.54) is 29.8 Å². The Bertz CT molecular complexity index is 1900. The molecule has 42 heavy (non-hydrogen) atoms. The smallest absolute Gasteiger partial charge is 0.301 e. The van der Waals surface area contributed by atoms with Crippen molar-refractivity contribution in [3.8, 4) is 5.75 Å². The molecule has 0 radical (unpaired) electrons. The average molecular weight is 602 g/mol. The van der Waals surface area contributed by atoms with Crippen molar-refractivity contribution in [2.45, 2.75) is 30.0 Å². The van der Waals surface area contributed by atoms with Crippen LogP contribution in [0.2, 0.25) is 0 Å². The fourth-order valence-corrected chi connectivity index (χ4v) is 6.80. The zero-order valence-corrected chi connectivity index (χ0v) is 24.4. The summed E-state index contributed by atoms with van der Waals surface area (Å²) < 4.78 is 21.9. The molecule has 12 heteroatoms. The number of aliphatic hydroxyl groups is 1. The van der Waals surface area contributed by atoms with Crippen LogP contribution in [0.5, 0.6) is 5.75 Å². The molecule has 1 aliphatic heterocycles. The number of hydrogen-bond donors (Lipinski definition) is 1. The summed E-state index contributed by atoms with van der Waals surface area (Å²) in [6.07, 6.45) is 1.82. The number of amides is 1. The molecule has 0 saturated carbocycles. The van der Waals surface area contributed by atoms with Crippen LogP contribution in [0.25, 0.3) is 11.4 Å². The van der Waals surface area contributed by atoms with Crippen molar-refractivity contribution in [3.05, 3.63) is 106 Å². The second-order valence-corrected chi connectivity index (χ2v) is 11.8. The lowest BCUT2D eigenvalue weighted by molar-refractivity contribution is -0.132. The highest BCUT2D eigenvalue weighted by molar-refractivity contribution is 8.00. The number of Topliss-reactive ketones (excluding diaryl/α,β-unsaturated/α-hetero) is 1. The number of rotatable bonds is 7. The molecule has 1 amide bonds. The van der Waals surface area contributed by atoms with E-state index in [1.807, 2.05) is 29.7 Å². The lowest BCUT2D eigenvalue weighted by Crippen LogP contribution is -2.29. The summed E-state index contributed by atoms with van der Waals surface area (Å²) in [6, 6.07) is 16.1. The number of pyridine rings is 1. The number of carbonyl (C=O) groups is 2. The van der Waals surface area contributed by atoms with Crippen molar-refractivity contribution in [1.29, 1.82) is 0 Å². The first kappa shape index (κ1) is 27.6. The molecule has 1 fully saturated rings. The van der Waals surface area contributed by atoms with E-state index in [1.54, 1.807) is 49.4 Å². The number of ether oxygens (including phenoxy) is 1. The van der Waals surface area contributed by atoms with Gasteiger partial charge in [-0.2, -0.15) is 0 Å². The zero-order valence-electron chi connectivity index (χ0n) is 22.7. The van der Waals surface area contributed by atoms with Gasteiger partial charge in [-0.3, -0.25) is 14.5 Å². The Kier molecular flexibility index (Phi) is 7.25. The third-order valence-corrected chi connectivity index (χ3v) is 9.18. The van der Waals surface area contributed by atoms with E-state index in [2.05, 4.69) is 15.2 Å². The van der Waals surface area contributed by atoms with E-state index in [0.717, 1.165) is 16.9 Å². The van der Waals surface area contributed by atoms with Gasteiger partial charge in [0.05, 0.1) is 24.4 Å². The van der Waals surface area contributed by atoms with Crippen molar-refractivity contribution in [3.63, 3.8) is 0 Å². The highest BCUT2D eigenvalue weighted by Crippen LogP contribution is 2.45. The number of fused-ring (bicyclic) bond motifs is 1. The van der Waals surface area contributed by atoms with Gasteiger partial charge in [-0.05, 0) is 54.8 Å². The summed E-state index contributed by atoms with van der Waals surface area (Å²) in [4.78, 5) is 33.1. The molecule has 1 unspecified atom stereocenters. The fraction of sp³-hybridized carbons (Fsp3) is 0.167.